The number of alkyl halides is 10. The van der Waals surface area contributed by atoms with Gasteiger partial charge in [0.15, 0.2) is 0 Å². The number of rotatable bonds is 9. The fourth-order valence-electron chi connectivity index (χ4n) is 4.83. The molecule has 0 aliphatic heterocycles. The van der Waals surface area contributed by atoms with Gasteiger partial charge < -0.3 is 9.47 Å². The summed E-state index contributed by atoms with van der Waals surface area (Å²) in [4.78, 5) is 23.6. The second-order valence-electron chi connectivity index (χ2n) is 10.2. The molecule has 0 aromatic heterocycles. The first-order valence-corrected chi connectivity index (χ1v) is 13.4. The Balaban J connectivity index is 1.58. The third kappa shape index (κ3) is 6.41. The van der Waals surface area contributed by atoms with E-state index in [2.05, 4.69) is 4.74 Å². The van der Waals surface area contributed by atoms with Gasteiger partial charge in [0.25, 0.3) is 0 Å². The van der Waals surface area contributed by atoms with Crippen molar-refractivity contribution in [2.75, 3.05) is 7.11 Å². The molecule has 14 heteroatoms. The average molecular weight is 673 g/mol. The maximum Gasteiger partial charge on any atom is 0.411 e. The maximum atomic E-state index is 15.0. The molecule has 4 aromatic rings. The Labute approximate surface area is 260 Å². The topological polar surface area (TPSA) is 52.6 Å². The monoisotopic (exact) mass is 672 g/mol. The van der Waals surface area contributed by atoms with Crippen LogP contribution in [0.15, 0.2) is 97.1 Å². The summed E-state index contributed by atoms with van der Waals surface area (Å²) >= 11 is 0. The lowest BCUT2D eigenvalue weighted by atomic mass is 9.73. The Morgan fingerprint density at radius 1 is 0.489 bits per heavy atom. The van der Waals surface area contributed by atoms with Crippen molar-refractivity contribution >= 4 is 11.8 Å². The molecule has 0 N–H and O–H groups in total. The van der Waals surface area contributed by atoms with E-state index in [-0.39, 0.29) is 11.3 Å². The molecule has 4 rings (SSSR count). The summed E-state index contributed by atoms with van der Waals surface area (Å²) < 4.78 is 153. The van der Waals surface area contributed by atoms with Crippen LogP contribution < -0.4 is 9.47 Å². The zero-order valence-corrected chi connectivity index (χ0v) is 24.2. The second kappa shape index (κ2) is 12.4. The van der Waals surface area contributed by atoms with Crippen molar-refractivity contribution < 1.29 is 63.0 Å². The molecule has 0 saturated carbocycles. The number of hydrogen-bond acceptors (Lipinski definition) is 4. The van der Waals surface area contributed by atoms with Gasteiger partial charge in [-0.15, -0.1) is 0 Å². The molecule has 0 aliphatic rings. The van der Waals surface area contributed by atoms with E-state index in [0.717, 1.165) is 55.5 Å². The molecule has 0 atom stereocenters. The zero-order chi connectivity index (χ0) is 35.0. The Bertz CT molecular complexity index is 1710. The summed E-state index contributed by atoms with van der Waals surface area (Å²) in [5.74, 6) is -12.4. The van der Waals surface area contributed by atoms with Crippen molar-refractivity contribution in [3.05, 3.63) is 119 Å². The van der Waals surface area contributed by atoms with E-state index in [9.17, 15) is 53.5 Å². The molecule has 4 nitrogen and oxygen atoms in total. The second-order valence-corrected chi connectivity index (χ2v) is 10.2. The van der Waals surface area contributed by atoms with Crippen LogP contribution in [0.5, 0.6) is 11.5 Å². The fraction of sp³-hybridized carbons (Fsp3) is 0.212. The first kappa shape index (κ1) is 35.0. The summed E-state index contributed by atoms with van der Waals surface area (Å²) in [6.07, 6.45) is -11.8. The molecule has 0 saturated heterocycles. The minimum atomic E-state index is -5.92. The van der Waals surface area contributed by atoms with Crippen LogP contribution in [0.2, 0.25) is 0 Å². The molecule has 0 aliphatic carbocycles. The van der Waals surface area contributed by atoms with Gasteiger partial charge >= 0.3 is 30.2 Å². The van der Waals surface area contributed by atoms with Gasteiger partial charge in [0.1, 0.15) is 11.5 Å². The van der Waals surface area contributed by atoms with Crippen LogP contribution in [0, 0.1) is 0 Å². The third-order valence-corrected chi connectivity index (χ3v) is 7.40. The van der Waals surface area contributed by atoms with Crippen molar-refractivity contribution in [1.29, 1.82) is 0 Å². The highest BCUT2D eigenvalue weighted by atomic mass is 19.4. The number of hydrogen-bond donors (Lipinski definition) is 0. The molecule has 0 bridgehead atoms. The number of methoxy groups -OCH3 is 1. The lowest BCUT2D eigenvalue weighted by Gasteiger charge is -2.38. The molecule has 47 heavy (non-hydrogen) atoms. The van der Waals surface area contributed by atoms with E-state index in [0.29, 0.717) is 42.0 Å². The summed E-state index contributed by atoms with van der Waals surface area (Å²) in [7, 11) is 1.17. The molecule has 4 aromatic carbocycles. The van der Waals surface area contributed by atoms with Crippen LogP contribution in [0.25, 0.3) is 11.1 Å². The minimum absolute atomic E-state index is 0.00280. The van der Waals surface area contributed by atoms with Gasteiger partial charge in [-0.25, -0.2) is 4.79 Å². The number of ketones is 1. The van der Waals surface area contributed by atoms with Gasteiger partial charge in [0.2, 0.25) is 11.2 Å². The van der Waals surface area contributed by atoms with E-state index in [1.807, 2.05) is 0 Å². The molecule has 0 radical (unpaired) electrons. The lowest BCUT2D eigenvalue weighted by molar-refractivity contribution is -0.288. The van der Waals surface area contributed by atoms with Crippen molar-refractivity contribution in [2.45, 2.75) is 36.5 Å². The molecule has 0 unspecified atom stereocenters. The van der Waals surface area contributed by atoms with Crippen molar-refractivity contribution in [3.63, 3.8) is 0 Å². The summed E-state index contributed by atoms with van der Waals surface area (Å²) in [5.41, 5.74) is -7.90. The van der Waals surface area contributed by atoms with Crippen LogP contribution in [0.4, 0.5) is 43.9 Å². The number of ether oxygens (including phenoxy) is 2. The Kier molecular flexibility index (Phi) is 9.21. The number of carbonyl (C=O) groups excluding carboxylic acids is 2. The highest BCUT2D eigenvalue weighted by Crippen LogP contribution is 2.56. The van der Waals surface area contributed by atoms with Crippen molar-refractivity contribution in [1.82, 2.24) is 0 Å². The minimum Gasteiger partial charge on any atom is -0.497 e. The van der Waals surface area contributed by atoms with Gasteiger partial charge in [0, 0.05) is 18.1 Å². The van der Waals surface area contributed by atoms with Gasteiger partial charge in [-0.3, -0.25) is 4.79 Å². The first-order chi connectivity index (χ1) is 21.8. The van der Waals surface area contributed by atoms with E-state index in [4.69, 9.17) is 4.74 Å². The van der Waals surface area contributed by atoms with Crippen LogP contribution >= 0.6 is 0 Å². The van der Waals surface area contributed by atoms with Gasteiger partial charge in [0.05, 0.1) is 7.11 Å². The highest BCUT2D eigenvalue weighted by Gasteiger charge is 2.72. The van der Waals surface area contributed by atoms with E-state index in [1.54, 1.807) is 0 Å². The van der Waals surface area contributed by atoms with Crippen LogP contribution in [-0.4, -0.2) is 31.2 Å². The number of benzene rings is 4. The van der Waals surface area contributed by atoms with Gasteiger partial charge in [-0.05, 0) is 46.5 Å². The number of carbonyl (C=O) groups is 2. The Hall–Kier alpha value is -4.88. The Morgan fingerprint density at radius 2 is 0.830 bits per heavy atom. The van der Waals surface area contributed by atoms with E-state index < -0.39 is 69.4 Å². The first-order valence-electron chi connectivity index (χ1n) is 13.4. The third-order valence-electron chi connectivity index (χ3n) is 7.40. The van der Waals surface area contributed by atoms with Crippen LogP contribution in [0.3, 0.4) is 0 Å². The highest BCUT2D eigenvalue weighted by molar-refractivity contribution is 5.85. The van der Waals surface area contributed by atoms with Crippen molar-refractivity contribution in [2.24, 2.45) is 0 Å². The quantitative estimate of drug-likeness (QED) is 0.101. The molecule has 0 spiro atoms. The molecule has 248 valence electrons. The lowest BCUT2D eigenvalue weighted by Crippen LogP contribution is -2.54. The van der Waals surface area contributed by atoms with Gasteiger partial charge in [-0.1, -0.05) is 72.8 Å². The predicted octanol–water partition coefficient (Wildman–Crippen LogP) is 9.15. The van der Waals surface area contributed by atoms with Crippen molar-refractivity contribution in [3.8, 4) is 22.6 Å². The molecule has 0 fully saturated rings. The SMILES string of the molecule is COc1ccc(C(c2ccc(OC(=O)C(F)(F)c3ccc(-c4ccc(C(F)(F)C(C)=O)cc4)cc3)cc2)(C(F)(F)F)C(F)(F)F)cc1. The fourth-order valence-corrected chi connectivity index (χ4v) is 4.83. The van der Waals surface area contributed by atoms with E-state index in [1.165, 1.54) is 19.2 Å². The number of Topliss-reactive ketones (excluding diaryl/α,β-unsaturated/α-hetero) is 1. The predicted molar refractivity (Wildman–Crippen MR) is 148 cm³/mol. The number of esters is 1. The normalized spacial score (nSPS) is 12.9. The molecule has 0 amide bonds. The average Bonchev–Trinajstić information content (AvgIpc) is 3.01. The van der Waals surface area contributed by atoms with Crippen LogP contribution in [0.1, 0.15) is 29.2 Å². The summed E-state index contributed by atoms with van der Waals surface area (Å²) in [6, 6.07) is 13.3. The largest absolute Gasteiger partial charge is 0.497 e. The zero-order valence-electron chi connectivity index (χ0n) is 24.2. The standard InChI is InChI=1S/C33H22F10O4/c1-19(44)30(34,35)24-7-3-20(4-8-24)21-5-9-25(10-6-21)31(36,37)28(45)47-27-17-13-23(14-18-27)29(32(38,39)40,33(41,42)43)22-11-15-26(46-2)16-12-22/h3-18H,1-2H3. The van der Waals surface area contributed by atoms with E-state index >= 15 is 0 Å². The van der Waals surface area contributed by atoms with Gasteiger partial charge in [-0.2, -0.15) is 43.9 Å². The Morgan fingerprint density at radius 3 is 1.17 bits per heavy atom. The molecule has 0 heterocycles. The summed E-state index contributed by atoms with van der Waals surface area (Å²) in [6.45, 7) is 0.725. The van der Waals surface area contributed by atoms with Crippen LogP contribution in [-0.2, 0) is 26.8 Å². The maximum absolute atomic E-state index is 15.0. The number of halogens is 10. The summed E-state index contributed by atoms with van der Waals surface area (Å²) in [5, 5.41) is 0. The molecular formula is C33H22F10O4. The molecular weight excluding hydrogens is 650 g/mol. The smallest absolute Gasteiger partial charge is 0.411 e.